The summed E-state index contributed by atoms with van der Waals surface area (Å²) in [6.07, 6.45) is 0.764. The number of ether oxygens (including phenoxy) is 1. The number of nitrogens with two attached hydrogens (primary N) is 2. The lowest BCUT2D eigenvalue weighted by molar-refractivity contribution is -0.136. The number of halogens is 1. The van der Waals surface area contributed by atoms with E-state index < -0.39 is 42.2 Å². The quantitative estimate of drug-likeness (QED) is 0.0677. The maximum atomic E-state index is 13.7. The number of hydrogen-bond acceptors (Lipinski definition) is 13. The average Bonchev–Trinajstić information content (AvgIpc) is 3.19. The molecule has 0 unspecified atom stereocenters. The number of aromatic nitrogens is 2. The molecule has 1 heterocycles. The molecule has 3 amide bonds. The predicted molar refractivity (Wildman–Crippen MR) is 227 cm³/mol. The summed E-state index contributed by atoms with van der Waals surface area (Å²) in [5.74, 6) is -2.36. The zero-order chi connectivity index (χ0) is 43.7. The van der Waals surface area contributed by atoms with Crippen LogP contribution in [0, 0.1) is 12.8 Å². The third-order valence-electron chi connectivity index (χ3n) is 9.50. The Labute approximate surface area is 351 Å². The molecule has 3 aromatic rings. The van der Waals surface area contributed by atoms with E-state index in [1.165, 1.54) is 0 Å². The molecule has 0 aliphatic carbocycles. The Bertz CT molecular complexity index is 1840. The zero-order valence-electron chi connectivity index (χ0n) is 34.7. The molecular weight excluding hydrogens is 780 g/mol. The number of nitrogen functional groups attached to an aromatic ring is 2. The third kappa shape index (κ3) is 16.4. The van der Waals surface area contributed by atoms with E-state index in [1.807, 2.05) is 36.1 Å². The van der Waals surface area contributed by atoms with Gasteiger partial charge in [-0.05, 0) is 81.8 Å². The Morgan fingerprint density at radius 3 is 2.24 bits per heavy atom. The molecule has 0 aliphatic rings. The Morgan fingerprint density at radius 1 is 0.898 bits per heavy atom. The van der Waals surface area contributed by atoms with E-state index >= 15 is 0 Å². The number of rotatable bonds is 23. The van der Waals surface area contributed by atoms with Gasteiger partial charge in [0.2, 0.25) is 0 Å². The van der Waals surface area contributed by atoms with Crippen molar-refractivity contribution >= 4 is 46.9 Å². The highest BCUT2D eigenvalue weighted by Gasteiger charge is 2.28. The number of unbranched alkanes of at least 4 members (excludes halogenated alkanes) is 3. The van der Waals surface area contributed by atoms with E-state index in [9.17, 15) is 29.4 Å². The van der Waals surface area contributed by atoms with Crippen LogP contribution in [0.4, 0.5) is 16.4 Å². The van der Waals surface area contributed by atoms with Crippen molar-refractivity contribution in [2.24, 2.45) is 5.92 Å². The summed E-state index contributed by atoms with van der Waals surface area (Å²) >= 11 is 6.02. The zero-order valence-corrected chi connectivity index (χ0v) is 35.5. The number of amides is 3. The monoisotopic (exact) mass is 840 g/mol. The molecule has 9 N–H and O–H groups in total. The van der Waals surface area contributed by atoms with Crippen LogP contribution >= 0.6 is 11.6 Å². The fourth-order valence-electron chi connectivity index (χ4n) is 6.26. The van der Waals surface area contributed by atoms with Gasteiger partial charge in [-0.3, -0.25) is 19.3 Å². The van der Waals surface area contributed by atoms with Crippen molar-refractivity contribution in [3.63, 3.8) is 0 Å². The van der Waals surface area contributed by atoms with E-state index in [2.05, 4.69) is 27.5 Å². The third-order valence-corrected chi connectivity index (χ3v) is 9.78. The number of benzene rings is 2. The van der Waals surface area contributed by atoms with Gasteiger partial charge in [0, 0.05) is 44.8 Å². The normalized spacial score (nSPS) is 13.1. The van der Waals surface area contributed by atoms with Crippen LogP contribution < -0.4 is 22.1 Å². The fourth-order valence-corrected chi connectivity index (χ4v) is 6.39. The molecule has 0 saturated carbocycles. The van der Waals surface area contributed by atoms with Crippen LogP contribution in [0.1, 0.15) is 90.9 Å². The first-order chi connectivity index (χ1) is 27.9. The Hall–Kier alpha value is -4.87. The van der Waals surface area contributed by atoms with Crippen molar-refractivity contribution in [3.8, 4) is 0 Å². The molecular formula is C42H61ClN8O8. The molecule has 17 heteroatoms. The molecule has 16 nitrogen and oxygen atoms in total. The van der Waals surface area contributed by atoms with E-state index in [4.69, 9.17) is 32.9 Å². The minimum atomic E-state index is -1.70. The van der Waals surface area contributed by atoms with Crippen LogP contribution in [0.25, 0.3) is 0 Å². The van der Waals surface area contributed by atoms with Gasteiger partial charge in [0.25, 0.3) is 11.8 Å². The van der Waals surface area contributed by atoms with Crippen LogP contribution in [0.3, 0.4) is 0 Å². The average molecular weight is 841 g/mol. The van der Waals surface area contributed by atoms with Gasteiger partial charge in [-0.2, -0.15) is 0 Å². The van der Waals surface area contributed by atoms with Crippen molar-refractivity contribution in [2.45, 2.75) is 91.1 Å². The van der Waals surface area contributed by atoms with Gasteiger partial charge in [0.05, 0.1) is 6.10 Å². The molecule has 59 heavy (non-hydrogen) atoms. The highest BCUT2D eigenvalue weighted by atomic mass is 35.5. The minimum absolute atomic E-state index is 0.00327. The van der Waals surface area contributed by atoms with Crippen molar-refractivity contribution in [3.05, 3.63) is 81.6 Å². The molecule has 324 valence electrons. The second kappa shape index (κ2) is 23.7. The molecule has 0 aliphatic heterocycles. The van der Waals surface area contributed by atoms with Gasteiger partial charge in [-0.1, -0.05) is 74.2 Å². The summed E-state index contributed by atoms with van der Waals surface area (Å²) in [4.78, 5) is 63.2. The number of aliphatic hydroxyl groups is 3. The minimum Gasteiger partial charge on any atom is -0.444 e. The smallest absolute Gasteiger partial charge is 0.410 e. The fraction of sp³-hybridized carbons (Fsp3) is 0.524. The molecule has 1 aromatic heterocycles. The molecule has 2 aromatic carbocycles. The number of ketones is 1. The molecule has 0 fully saturated rings. The number of carbonyl (C=O) groups is 4. The van der Waals surface area contributed by atoms with Gasteiger partial charge in [-0.25, -0.2) is 14.8 Å². The van der Waals surface area contributed by atoms with Crippen LogP contribution in [-0.2, 0) is 22.5 Å². The number of anilines is 2. The molecule has 3 rings (SSSR count). The first-order valence-electron chi connectivity index (χ1n) is 19.9. The Kier molecular flexibility index (Phi) is 19.4. The van der Waals surface area contributed by atoms with E-state index in [0.717, 1.165) is 42.4 Å². The number of aliphatic hydroxyl groups excluding tert-OH is 3. The SMILES string of the molecule is CCCCCCN(CCNC(=O)c1ccc(CN(C[C@H](CNC(=O)c2nc(Cl)c(N)nc2N)Cc2ccccc2C)C(=O)OC(C)(C)C)cc1)C[C@H](O)[C@@H](O)C(=O)CO. The van der Waals surface area contributed by atoms with E-state index in [-0.39, 0.29) is 67.0 Å². The number of nitrogens with one attached hydrogen (secondary N) is 2. The molecule has 0 bridgehead atoms. The van der Waals surface area contributed by atoms with Crippen LogP contribution in [-0.4, -0.2) is 122 Å². The summed E-state index contributed by atoms with van der Waals surface area (Å²) in [7, 11) is 0. The number of carbonyl (C=O) groups excluding carboxylic acids is 4. The molecule has 0 radical (unpaired) electrons. The summed E-state index contributed by atoms with van der Waals surface area (Å²) in [5, 5.41) is 35.2. The summed E-state index contributed by atoms with van der Waals surface area (Å²) in [6.45, 7) is 10.2. The largest absolute Gasteiger partial charge is 0.444 e. The van der Waals surface area contributed by atoms with Crippen molar-refractivity contribution in [2.75, 3.05) is 57.3 Å². The van der Waals surface area contributed by atoms with Crippen molar-refractivity contribution < 1.29 is 39.2 Å². The lowest BCUT2D eigenvalue weighted by Gasteiger charge is -2.31. The van der Waals surface area contributed by atoms with E-state index in [1.54, 1.807) is 49.9 Å². The maximum absolute atomic E-state index is 13.7. The molecule has 0 saturated heterocycles. The number of aryl methyl sites for hydroxylation is 1. The van der Waals surface area contributed by atoms with Crippen LogP contribution in [0.15, 0.2) is 48.5 Å². The van der Waals surface area contributed by atoms with Crippen LogP contribution in [0.5, 0.6) is 0 Å². The van der Waals surface area contributed by atoms with Gasteiger partial charge < -0.3 is 47.1 Å². The maximum Gasteiger partial charge on any atom is 0.410 e. The summed E-state index contributed by atoms with van der Waals surface area (Å²) < 4.78 is 5.81. The first kappa shape index (κ1) is 48.5. The standard InChI is InChI=1S/C42H61ClN8O8/c1-6-7-8-11-19-50(25-32(53)35(55)33(54)26-52)20-18-46-39(56)30-16-14-28(15-17-30)23-51(41(58)59-42(3,4)5)24-29(21-31-13-10-9-12-27(31)2)22-47-40(57)34-37(44)49-38(45)36(43)48-34/h9-10,12-17,29,32,35,52-53,55H,6-8,11,18-26H2,1-5H3,(H,46,56)(H,47,57)(H4,44,45,49)/t29-,32-,35+/m0/s1. The van der Waals surface area contributed by atoms with Crippen molar-refractivity contribution in [1.29, 1.82) is 0 Å². The van der Waals surface area contributed by atoms with Gasteiger partial charge in [0.1, 0.15) is 18.3 Å². The highest BCUT2D eigenvalue weighted by Crippen LogP contribution is 2.21. The number of hydrogen-bond donors (Lipinski definition) is 7. The van der Waals surface area contributed by atoms with Crippen LogP contribution in [0.2, 0.25) is 5.15 Å². The van der Waals surface area contributed by atoms with Gasteiger partial charge >= 0.3 is 6.09 Å². The van der Waals surface area contributed by atoms with Gasteiger partial charge in [-0.15, -0.1) is 0 Å². The second-order valence-electron chi connectivity index (χ2n) is 15.7. The summed E-state index contributed by atoms with van der Waals surface area (Å²) in [5.41, 5.74) is 13.9. The predicted octanol–water partition coefficient (Wildman–Crippen LogP) is 3.52. The number of Topliss-reactive ketones (excluding diaryl/α,β-unsaturated/α-hetero) is 1. The van der Waals surface area contributed by atoms with E-state index in [0.29, 0.717) is 25.1 Å². The topological polar surface area (TPSA) is 247 Å². The number of nitrogens with zero attached hydrogens (tertiary/aromatic N) is 4. The Balaban J connectivity index is 1.75. The van der Waals surface area contributed by atoms with Crippen molar-refractivity contribution in [1.82, 2.24) is 30.4 Å². The van der Waals surface area contributed by atoms with Gasteiger partial charge in [0.15, 0.2) is 28.3 Å². The Morgan fingerprint density at radius 2 is 1.59 bits per heavy atom. The lowest BCUT2D eigenvalue weighted by atomic mass is 9.95. The summed E-state index contributed by atoms with van der Waals surface area (Å²) in [6, 6.07) is 14.7. The second-order valence-corrected chi connectivity index (χ2v) is 16.0. The molecule has 0 spiro atoms. The first-order valence-corrected chi connectivity index (χ1v) is 20.3. The molecule has 3 atom stereocenters. The lowest BCUT2D eigenvalue weighted by Crippen LogP contribution is -2.46. The highest BCUT2D eigenvalue weighted by molar-refractivity contribution is 6.31.